The maximum Gasteiger partial charge on any atom is 0.290 e. The van der Waals surface area contributed by atoms with Crippen molar-refractivity contribution in [2.75, 3.05) is 6.54 Å². The van der Waals surface area contributed by atoms with Crippen LogP contribution in [0.4, 0.5) is 4.39 Å². The number of hydrogen-bond acceptors (Lipinski definition) is 8. The third-order valence-corrected chi connectivity index (χ3v) is 4.08. The van der Waals surface area contributed by atoms with Crippen LogP contribution in [0.2, 0.25) is 0 Å². The number of amides is 1. The number of nitrogens with two attached hydrogens (primary N) is 2. The number of hydrogen-bond donors (Lipinski definition) is 2. The quantitative estimate of drug-likeness (QED) is 0.584. The van der Waals surface area contributed by atoms with Gasteiger partial charge in [0, 0.05) is 12.1 Å². The van der Waals surface area contributed by atoms with Gasteiger partial charge in [-0.1, -0.05) is 16.9 Å². The Morgan fingerprint density at radius 1 is 1.28 bits per heavy atom. The van der Waals surface area contributed by atoms with Crippen molar-refractivity contribution in [2.24, 2.45) is 11.5 Å². The predicted octanol–water partition coefficient (Wildman–Crippen LogP) is 0.682. The second kappa shape index (κ2) is 7.40. The third-order valence-electron chi connectivity index (χ3n) is 3.17. The summed E-state index contributed by atoms with van der Waals surface area (Å²) in [4.78, 5) is 14.9. The van der Waals surface area contributed by atoms with Crippen LogP contribution < -0.4 is 11.5 Å². The highest BCUT2D eigenvalue weighted by atomic mass is 32.2. The summed E-state index contributed by atoms with van der Waals surface area (Å²) in [6.07, 6.45) is 0.511. The molecule has 0 atom stereocenters. The summed E-state index contributed by atoms with van der Waals surface area (Å²) in [6, 6.07) is 5.96. The van der Waals surface area contributed by atoms with Crippen molar-refractivity contribution >= 4 is 17.7 Å². The molecule has 11 heteroatoms. The molecule has 0 aliphatic carbocycles. The van der Waals surface area contributed by atoms with Gasteiger partial charge in [-0.05, 0) is 30.8 Å². The smallest absolute Gasteiger partial charge is 0.290 e. The van der Waals surface area contributed by atoms with E-state index in [4.69, 9.17) is 16.0 Å². The fourth-order valence-electron chi connectivity index (χ4n) is 2.07. The Morgan fingerprint density at radius 2 is 2.04 bits per heavy atom. The SMILES string of the molecule is NCCc1nnc(SCc2nc(C(N)=O)no2)n1-c1ccc(F)cc1. The monoisotopic (exact) mass is 363 g/mol. The zero-order chi connectivity index (χ0) is 17.8. The highest BCUT2D eigenvalue weighted by Gasteiger charge is 2.17. The lowest BCUT2D eigenvalue weighted by molar-refractivity contribution is 0.0987. The Balaban J connectivity index is 1.85. The van der Waals surface area contributed by atoms with E-state index >= 15 is 0 Å². The van der Waals surface area contributed by atoms with Gasteiger partial charge >= 0.3 is 0 Å². The lowest BCUT2D eigenvalue weighted by atomic mass is 10.3. The van der Waals surface area contributed by atoms with E-state index in [1.165, 1.54) is 23.9 Å². The minimum Gasteiger partial charge on any atom is -0.363 e. The van der Waals surface area contributed by atoms with Gasteiger partial charge in [-0.3, -0.25) is 9.36 Å². The van der Waals surface area contributed by atoms with Gasteiger partial charge in [0.15, 0.2) is 5.16 Å². The molecule has 0 unspecified atom stereocenters. The van der Waals surface area contributed by atoms with Crippen molar-refractivity contribution in [1.82, 2.24) is 24.9 Å². The van der Waals surface area contributed by atoms with Gasteiger partial charge in [0.25, 0.3) is 11.7 Å². The molecule has 130 valence electrons. The first-order valence-corrected chi connectivity index (χ1v) is 8.22. The van der Waals surface area contributed by atoms with Crippen LogP contribution in [0.25, 0.3) is 5.69 Å². The van der Waals surface area contributed by atoms with E-state index in [0.717, 1.165) is 0 Å². The molecule has 9 nitrogen and oxygen atoms in total. The van der Waals surface area contributed by atoms with Crippen LogP contribution in [-0.2, 0) is 12.2 Å². The molecule has 2 aromatic heterocycles. The number of nitrogens with zero attached hydrogens (tertiary/aromatic N) is 5. The molecule has 0 aliphatic heterocycles. The summed E-state index contributed by atoms with van der Waals surface area (Å²) in [7, 11) is 0. The van der Waals surface area contributed by atoms with Gasteiger partial charge < -0.3 is 16.0 Å². The van der Waals surface area contributed by atoms with Crippen molar-refractivity contribution in [2.45, 2.75) is 17.3 Å². The van der Waals surface area contributed by atoms with E-state index in [1.54, 1.807) is 16.7 Å². The standard InChI is InChI=1S/C14H14FN7O2S/c15-8-1-3-9(4-2-8)22-10(5-6-16)19-20-14(22)25-7-11-18-13(12(17)23)21-24-11/h1-4H,5-7,16H2,(H2,17,23). The molecule has 0 radical (unpaired) electrons. The van der Waals surface area contributed by atoms with Crippen LogP contribution in [0.3, 0.4) is 0 Å². The largest absolute Gasteiger partial charge is 0.363 e. The van der Waals surface area contributed by atoms with E-state index in [1.807, 2.05) is 0 Å². The zero-order valence-corrected chi connectivity index (χ0v) is 13.7. The van der Waals surface area contributed by atoms with E-state index in [9.17, 15) is 9.18 Å². The normalized spacial score (nSPS) is 11.0. The van der Waals surface area contributed by atoms with Gasteiger partial charge in [0.2, 0.25) is 5.89 Å². The number of rotatable bonds is 7. The Morgan fingerprint density at radius 3 is 2.68 bits per heavy atom. The van der Waals surface area contributed by atoms with Crippen LogP contribution in [0.1, 0.15) is 22.3 Å². The Hall–Kier alpha value is -2.79. The molecule has 1 amide bonds. The van der Waals surface area contributed by atoms with Crippen LogP contribution in [0.5, 0.6) is 0 Å². The minimum atomic E-state index is -0.764. The Labute approximate surface area is 145 Å². The topological polar surface area (TPSA) is 139 Å². The molecule has 0 saturated heterocycles. The van der Waals surface area contributed by atoms with Crippen LogP contribution in [-0.4, -0.2) is 37.4 Å². The number of carbonyl (C=O) groups is 1. The first-order valence-electron chi connectivity index (χ1n) is 7.24. The fourth-order valence-corrected chi connectivity index (χ4v) is 2.88. The number of benzene rings is 1. The highest BCUT2D eigenvalue weighted by molar-refractivity contribution is 7.98. The van der Waals surface area contributed by atoms with Crippen LogP contribution >= 0.6 is 11.8 Å². The molecule has 25 heavy (non-hydrogen) atoms. The van der Waals surface area contributed by atoms with Gasteiger partial charge in [-0.15, -0.1) is 10.2 Å². The lowest BCUT2D eigenvalue weighted by Gasteiger charge is -2.09. The molecule has 2 heterocycles. The number of aromatic nitrogens is 5. The summed E-state index contributed by atoms with van der Waals surface area (Å²) in [5, 5.41) is 12.3. The molecule has 3 aromatic rings. The lowest BCUT2D eigenvalue weighted by Crippen LogP contribution is -2.12. The highest BCUT2D eigenvalue weighted by Crippen LogP contribution is 2.25. The second-order valence-electron chi connectivity index (χ2n) is 4.91. The third kappa shape index (κ3) is 3.83. The molecule has 0 saturated carbocycles. The Kier molecular flexibility index (Phi) is 5.05. The predicted molar refractivity (Wildman–Crippen MR) is 86.5 cm³/mol. The molecule has 1 aromatic carbocycles. The number of thioether (sulfide) groups is 1. The average Bonchev–Trinajstić information content (AvgIpc) is 3.21. The molecular formula is C14H14FN7O2S. The molecule has 0 aliphatic rings. The van der Waals surface area contributed by atoms with Crippen molar-refractivity contribution in [3.05, 3.63) is 47.6 Å². The molecule has 0 bridgehead atoms. The molecule has 4 N–H and O–H groups in total. The van der Waals surface area contributed by atoms with Crippen molar-refractivity contribution in [3.63, 3.8) is 0 Å². The summed E-state index contributed by atoms with van der Waals surface area (Å²) >= 11 is 1.28. The maximum atomic E-state index is 13.2. The average molecular weight is 363 g/mol. The fraction of sp³-hybridized carbons (Fsp3) is 0.214. The molecular weight excluding hydrogens is 349 g/mol. The van der Waals surface area contributed by atoms with Gasteiger partial charge in [-0.2, -0.15) is 4.98 Å². The van der Waals surface area contributed by atoms with E-state index < -0.39 is 5.91 Å². The second-order valence-corrected chi connectivity index (χ2v) is 5.86. The van der Waals surface area contributed by atoms with Crippen molar-refractivity contribution in [3.8, 4) is 5.69 Å². The van der Waals surface area contributed by atoms with E-state index in [0.29, 0.717) is 29.6 Å². The molecule has 3 rings (SSSR count). The minimum absolute atomic E-state index is 0.181. The van der Waals surface area contributed by atoms with E-state index in [2.05, 4.69) is 20.3 Å². The number of primary amides is 1. The van der Waals surface area contributed by atoms with Crippen LogP contribution in [0, 0.1) is 5.82 Å². The zero-order valence-electron chi connectivity index (χ0n) is 12.9. The van der Waals surface area contributed by atoms with Gasteiger partial charge in [0.05, 0.1) is 5.75 Å². The van der Waals surface area contributed by atoms with Crippen LogP contribution in [0.15, 0.2) is 33.9 Å². The van der Waals surface area contributed by atoms with E-state index in [-0.39, 0.29) is 23.3 Å². The summed E-state index contributed by atoms with van der Waals surface area (Å²) in [6.45, 7) is 0.398. The summed E-state index contributed by atoms with van der Waals surface area (Å²) in [5.74, 6) is -0.134. The summed E-state index contributed by atoms with van der Waals surface area (Å²) in [5.41, 5.74) is 11.4. The number of halogens is 1. The summed E-state index contributed by atoms with van der Waals surface area (Å²) < 4.78 is 19.9. The Bertz CT molecular complexity index is 878. The van der Waals surface area contributed by atoms with Crippen molar-refractivity contribution in [1.29, 1.82) is 0 Å². The van der Waals surface area contributed by atoms with Crippen molar-refractivity contribution < 1.29 is 13.7 Å². The van der Waals surface area contributed by atoms with Gasteiger partial charge in [0.1, 0.15) is 11.6 Å². The maximum absolute atomic E-state index is 13.2. The number of carbonyl (C=O) groups excluding carboxylic acids is 1. The first kappa shape index (κ1) is 17.0. The molecule has 0 spiro atoms. The molecule has 0 fully saturated rings. The van der Waals surface area contributed by atoms with Gasteiger partial charge in [-0.25, -0.2) is 4.39 Å². The first-order chi connectivity index (χ1) is 12.1.